The highest BCUT2D eigenvalue weighted by Gasteiger charge is 2.55. The summed E-state index contributed by atoms with van der Waals surface area (Å²) in [6, 6.07) is 2.66. The van der Waals surface area contributed by atoms with Gasteiger partial charge in [-0.15, -0.1) is 0 Å². The van der Waals surface area contributed by atoms with Crippen LogP contribution in [0.15, 0.2) is 0 Å². The molecule has 0 bridgehead atoms. The Morgan fingerprint density at radius 3 is 2.25 bits per heavy atom. The minimum absolute atomic E-state index is 0.0961. The molecule has 5 atom stereocenters. The smallest absolute Gasteiger partial charge is 0.191 e. The lowest BCUT2D eigenvalue weighted by Crippen LogP contribution is -2.46. The number of fused-ring (bicyclic) bond motifs is 1. The van der Waals surface area contributed by atoms with Crippen molar-refractivity contribution >= 4 is 8.32 Å². The Labute approximate surface area is 175 Å². The van der Waals surface area contributed by atoms with Gasteiger partial charge in [-0.3, -0.25) is 0 Å². The third kappa shape index (κ3) is 5.21. The molecule has 3 nitrogen and oxygen atoms in total. The summed E-state index contributed by atoms with van der Waals surface area (Å²) in [7, 11) is -1.68. The van der Waals surface area contributed by atoms with Gasteiger partial charge >= 0.3 is 0 Å². The molecular weight excluding hydrogens is 362 g/mol. The molecule has 2 saturated carbocycles. The van der Waals surface area contributed by atoms with Crippen LogP contribution in [0.5, 0.6) is 0 Å². The predicted molar refractivity (Wildman–Crippen MR) is 120 cm³/mol. The summed E-state index contributed by atoms with van der Waals surface area (Å²) in [5.74, 6) is 1.32. The summed E-state index contributed by atoms with van der Waals surface area (Å²) in [5.41, 5.74) is 0.132. The van der Waals surface area contributed by atoms with Crippen molar-refractivity contribution in [2.75, 3.05) is 6.61 Å². The Hall–Kier alpha value is -0.373. The van der Waals surface area contributed by atoms with E-state index in [1.807, 2.05) is 0 Å². The zero-order valence-corrected chi connectivity index (χ0v) is 21.0. The topological polar surface area (TPSA) is 42.2 Å². The van der Waals surface area contributed by atoms with Gasteiger partial charge in [0.15, 0.2) is 8.32 Å². The number of rotatable bonds is 6. The van der Waals surface area contributed by atoms with Gasteiger partial charge in [0.1, 0.15) is 0 Å². The minimum atomic E-state index is -1.68. The van der Waals surface area contributed by atoms with Crippen molar-refractivity contribution in [3.63, 3.8) is 0 Å². The van der Waals surface area contributed by atoms with Crippen LogP contribution in [-0.4, -0.2) is 26.6 Å². The van der Waals surface area contributed by atoms with Gasteiger partial charge in [0.05, 0.1) is 17.8 Å². The normalized spacial score (nSPS) is 34.1. The maximum Gasteiger partial charge on any atom is 0.191 e. The second-order valence-corrected chi connectivity index (χ2v) is 16.9. The highest BCUT2D eigenvalue weighted by atomic mass is 28.4. The summed E-state index contributed by atoms with van der Waals surface area (Å²) < 4.78 is 12.9. The van der Waals surface area contributed by atoms with Gasteiger partial charge in [-0.05, 0) is 94.7 Å². The molecule has 0 spiro atoms. The van der Waals surface area contributed by atoms with Crippen molar-refractivity contribution in [3.8, 4) is 6.07 Å². The van der Waals surface area contributed by atoms with E-state index in [1.165, 1.54) is 6.42 Å². The summed E-state index contributed by atoms with van der Waals surface area (Å²) in [6.07, 6.45) is 7.05. The van der Waals surface area contributed by atoms with E-state index >= 15 is 0 Å². The van der Waals surface area contributed by atoms with E-state index in [0.29, 0.717) is 17.9 Å². The molecule has 2 rings (SSSR count). The van der Waals surface area contributed by atoms with E-state index in [9.17, 15) is 5.26 Å². The fourth-order valence-corrected chi connectivity index (χ4v) is 6.37. The Balaban J connectivity index is 2.01. The molecule has 0 saturated heterocycles. The molecule has 0 N–H and O–H groups in total. The maximum atomic E-state index is 9.80. The van der Waals surface area contributed by atoms with Crippen molar-refractivity contribution in [2.24, 2.45) is 23.2 Å². The van der Waals surface area contributed by atoms with Crippen molar-refractivity contribution in [2.45, 2.75) is 117 Å². The van der Waals surface area contributed by atoms with Crippen LogP contribution in [0.4, 0.5) is 0 Å². The van der Waals surface area contributed by atoms with Gasteiger partial charge in [-0.1, -0.05) is 27.7 Å². The fourth-order valence-electron chi connectivity index (χ4n) is 5.29. The molecule has 0 aromatic carbocycles. The summed E-state index contributed by atoms with van der Waals surface area (Å²) >= 11 is 0. The molecular formula is C24H45NO2Si. The van der Waals surface area contributed by atoms with Crippen molar-refractivity contribution in [3.05, 3.63) is 0 Å². The van der Waals surface area contributed by atoms with E-state index in [-0.39, 0.29) is 22.0 Å². The standard InChI is InChI=1S/C24H45NO2Si/c1-22(2,3)27-21-13-12-20-19(18(17-25)14-15-24(20,21)7)11-10-16-26-28(8,9)23(4,5)6/h18-21H,10-16H2,1-9H3/t18?,19-,20+,21+,24+/m1/s1. The SMILES string of the molecule is CC(C)(C)O[C@H]1CC[C@H]2[C@H](CCCO[Si](C)(C)C(C)(C)C)C(C#N)CC[C@]12C. The molecule has 2 aliphatic rings. The lowest BCUT2D eigenvalue weighted by atomic mass is 9.59. The van der Waals surface area contributed by atoms with Gasteiger partial charge in [-0.2, -0.15) is 5.26 Å². The molecule has 28 heavy (non-hydrogen) atoms. The molecule has 0 aliphatic heterocycles. The molecule has 4 heteroatoms. The van der Waals surface area contributed by atoms with E-state index in [2.05, 4.69) is 67.6 Å². The van der Waals surface area contributed by atoms with Gasteiger partial charge in [0, 0.05) is 12.5 Å². The van der Waals surface area contributed by atoms with Crippen LogP contribution in [0.3, 0.4) is 0 Å². The Kier molecular flexibility index (Phi) is 7.17. The third-order valence-electron chi connectivity index (χ3n) is 7.96. The van der Waals surface area contributed by atoms with Crippen LogP contribution in [-0.2, 0) is 9.16 Å². The minimum Gasteiger partial charge on any atom is -0.417 e. The lowest BCUT2D eigenvalue weighted by Gasteiger charge is -2.48. The van der Waals surface area contributed by atoms with Crippen LogP contribution in [0.1, 0.15) is 87.0 Å². The summed E-state index contributed by atoms with van der Waals surface area (Å²) in [6.45, 7) is 21.3. The Morgan fingerprint density at radius 2 is 1.71 bits per heavy atom. The Morgan fingerprint density at radius 1 is 1.07 bits per heavy atom. The molecule has 0 heterocycles. The molecule has 2 fully saturated rings. The molecule has 162 valence electrons. The molecule has 0 aromatic rings. The maximum absolute atomic E-state index is 9.80. The predicted octanol–water partition coefficient (Wildman–Crippen LogP) is 6.94. The first kappa shape index (κ1) is 23.9. The van der Waals surface area contributed by atoms with Crippen molar-refractivity contribution in [1.82, 2.24) is 0 Å². The van der Waals surface area contributed by atoms with E-state index in [4.69, 9.17) is 9.16 Å². The summed E-state index contributed by atoms with van der Waals surface area (Å²) in [4.78, 5) is 0. The first-order valence-electron chi connectivity index (χ1n) is 11.4. The van der Waals surface area contributed by atoms with Crippen LogP contribution in [0, 0.1) is 34.5 Å². The van der Waals surface area contributed by atoms with Gasteiger partial charge in [-0.25, -0.2) is 0 Å². The third-order valence-corrected chi connectivity index (χ3v) is 12.5. The van der Waals surface area contributed by atoms with Crippen LogP contribution in [0.2, 0.25) is 18.1 Å². The van der Waals surface area contributed by atoms with E-state index in [0.717, 1.165) is 38.7 Å². The largest absolute Gasteiger partial charge is 0.417 e. The highest BCUT2D eigenvalue weighted by Crippen LogP contribution is 2.58. The van der Waals surface area contributed by atoms with Gasteiger partial charge < -0.3 is 9.16 Å². The monoisotopic (exact) mass is 407 g/mol. The second-order valence-electron chi connectivity index (χ2n) is 12.1. The van der Waals surface area contributed by atoms with Gasteiger partial charge in [0.25, 0.3) is 0 Å². The number of hydrogen-bond donors (Lipinski definition) is 0. The second kappa shape index (κ2) is 8.40. The average Bonchev–Trinajstić information content (AvgIpc) is 2.85. The number of nitriles is 1. The zero-order valence-electron chi connectivity index (χ0n) is 20.0. The molecule has 2 aliphatic carbocycles. The molecule has 0 radical (unpaired) electrons. The zero-order chi connectivity index (χ0) is 21.4. The quantitative estimate of drug-likeness (QED) is 0.354. The number of nitrogens with zero attached hydrogens (tertiary/aromatic N) is 1. The average molecular weight is 408 g/mol. The molecule has 0 aromatic heterocycles. The first-order chi connectivity index (χ1) is 12.7. The van der Waals surface area contributed by atoms with Crippen molar-refractivity contribution in [1.29, 1.82) is 5.26 Å². The van der Waals surface area contributed by atoms with E-state index < -0.39 is 8.32 Å². The van der Waals surface area contributed by atoms with Crippen LogP contribution in [0.25, 0.3) is 0 Å². The Bertz CT molecular complexity index is 569. The van der Waals surface area contributed by atoms with Crippen molar-refractivity contribution < 1.29 is 9.16 Å². The van der Waals surface area contributed by atoms with E-state index in [1.54, 1.807) is 0 Å². The fraction of sp³-hybridized carbons (Fsp3) is 0.958. The number of ether oxygens (including phenoxy) is 1. The first-order valence-corrected chi connectivity index (χ1v) is 14.3. The number of hydrogen-bond acceptors (Lipinski definition) is 3. The van der Waals surface area contributed by atoms with Gasteiger partial charge in [0.2, 0.25) is 0 Å². The molecule has 1 unspecified atom stereocenters. The van der Waals surface area contributed by atoms with Crippen LogP contribution < -0.4 is 0 Å². The molecule has 0 amide bonds. The summed E-state index contributed by atoms with van der Waals surface area (Å²) in [5, 5.41) is 10.1. The highest BCUT2D eigenvalue weighted by molar-refractivity contribution is 6.74. The van der Waals surface area contributed by atoms with Crippen LogP contribution >= 0.6 is 0 Å². The lowest BCUT2D eigenvalue weighted by molar-refractivity contribution is -0.126.